The maximum atomic E-state index is 13.2. The van der Waals surface area contributed by atoms with E-state index in [1.807, 2.05) is 19.1 Å². The molecule has 1 saturated heterocycles. The fourth-order valence-electron chi connectivity index (χ4n) is 3.42. The minimum atomic E-state index is -3.72. The number of nitrogens with zero attached hydrogens (tertiary/aromatic N) is 1. The van der Waals surface area contributed by atoms with E-state index in [1.165, 1.54) is 10.4 Å². The maximum absolute atomic E-state index is 13.2. The fourth-order valence-corrected chi connectivity index (χ4v) is 5.10. The second-order valence-electron chi connectivity index (χ2n) is 7.62. The Bertz CT molecular complexity index is 999. The van der Waals surface area contributed by atoms with Crippen LogP contribution in [0.2, 0.25) is 0 Å². The van der Waals surface area contributed by atoms with Crippen LogP contribution in [0.4, 0.5) is 5.69 Å². The lowest BCUT2D eigenvalue weighted by Gasteiger charge is -2.27. The van der Waals surface area contributed by atoms with Crippen LogP contribution in [0.25, 0.3) is 0 Å². The highest BCUT2D eigenvalue weighted by Gasteiger charge is 2.29. The smallest absolute Gasteiger partial charge is 0.265 e. The molecule has 1 unspecified atom stereocenters. The van der Waals surface area contributed by atoms with Gasteiger partial charge in [0.2, 0.25) is 10.0 Å². The second kappa shape index (κ2) is 10.2. The molecule has 1 N–H and O–H groups in total. The molecule has 0 bridgehead atoms. The van der Waals surface area contributed by atoms with Gasteiger partial charge in [-0.15, -0.1) is 0 Å². The van der Waals surface area contributed by atoms with Gasteiger partial charge in [-0.2, -0.15) is 4.31 Å². The van der Waals surface area contributed by atoms with Gasteiger partial charge in [0, 0.05) is 18.8 Å². The number of benzene rings is 2. The maximum Gasteiger partial charge on any atom is 0.265 e. The Labute approximate surface area is 184 Å². The van der Waals surface area contributed by atoms with Gasteiger partial charge in [0.1, 0.15) is 16.4 Å². The number of piperidine rings is 1. The number of rotatable bonds is 8. The molecule has 0 aromatic heterocycles. The van der Waals surface area contributed by atoms with Crippen molar-refractivity contribution in [2.75, 3.05) is 25.0 Å². The summed E-state index contributed by atoms with van der Waals surface area (Å²) in [6, 6.07) is 12.1. The van der Waals surface area contributed by atoms with Crippen LogP contribution in [-0.4, -0.2) is 44.4 Å². The molecule has 2 aromatic carbocycles. The molecule has 2 aromatic rings. The molecular formula is C23H30N2O5S. The predicted molar refractivity (Wildman–Crippen MR) is 120 cm³/mol. The van der Waals surface area contributed by atoms with Crippen LogP contribution in [0.15, 0.2) is 47.4 Å². The van der Waals surface area contributed by atoms with Crippen LogP contribution in [-0.2, 0) is 14.8 Å². The van der Waals surface area contributed by atoms with E-state index in [9.17, 15) is 13.2 Å². The van der Waals surface area contributed by atoms with Gasteiger partial charge in [-0.25, -0.2) is 8.42 Å². The van der Waals surface area contributed by atoms with Gasteiger partial charge in [0.25, 0.3) is 5.91 Å². The van der Waals surface area contributed by atoms with E-state index in [0.29, 0.717) is 31.1 Å². The highest BCUT2D eigenvalue weighted by Crippen LogP contribution is 2.31. The minimum absolute atomic E-state index is 0.0705. The lowest BCUT2D eigenvalue weighted by molar-refractivity contribution is -0.122. The van der Waals surface area contributed by atoms with Crippen LogP contribution in [0.5, 0.6) is 11.5 Å². The van der Waals surface area contributed by atoms with E-state index in [1.54, 1.807) is 38.1 Å². The van der Waals surface area contributed by atoms with Crippen molar-refractivity contribution in [1.29, 1.82) is 0 Å². The van der Waals surface area contributed by atoms with E-state index < -0.39 is 16.1 Å². The van der Waals surface area contributed by atoms with Gasteiger partial charge in [0.15, 0.2) is 6.10 Å². The minimum Gasteiger partial charge on any atom is -0.492 e. The first kappa shape index (κ1) is 23.1. The van der Waals surface area contributed by atoms with Crippen LogP contribution < -0.4 is 14.8 Å². The topological polar surface area (TPSA) is 84.9 Å². The highest BCUT2D eigenvalue weighted by molar-refractivity contribution is 7.89. The van der Waals surface area contributed by atoms with Crippen LogP contribution >= 0.6 is 0 Å². The zero-order chi connectivity index (χ0) is 22.4. The molecule has 1 heterocycles. The molecule has 168 valence electrons. The van der Waals surface area contributed by atoms with E-state index >= 15 is 0 Å². The van der Waals surface area contributed by atoms with Crippen molar-refractivity contribution in [1.82, 2.24) is 4.31 Å². The standard InChI is InChI=1S/C23H30N2O5S/c1-4-29-21-13-10-19(16-22(21)31(27,28)25-14-6-5-7-15-25)24-23(26)18(3)30-20-11-8-17(2)9-12-20/h8-13,16,18H,4-7,14-15H2,1-3H3,(H,24,26). The summed E-state index contributed by atoms with van der Waals surface area (Å²) in [4.78, 5) is 12.7. The van der Waals surface area contributed by atoms with E-state index in [-0.39, 0.29) is 16.6 Å². The Morgan fingerprint density at radius 3 is 2.42 bits per heavy atom. The predicted octanol–water partition coefficient (Wildman–Crippen LogP) is 3.97. The average Bonchev–Trinajstić information content (AvgIpc) is 2.77. The SMILES string of the molecule is CCOc1ccc(NC(=O)C(C)Oc2ccc(C)cc2)cc1S(=O)(=O)N1CCCCC1. The number of hydrogen-bond acceptors (Lipinski definition) is 5. The average molecular weight is 447 g/mol. The Morgan fingerprint density at radius 1 is 1.10 bits per heavy atom. The summed E-state index contributed by atoms with van der Waals surface area (Å²) in [6.45, 7) is 6.75. The van der Waals surface area contributed by atoms with Gasteiger partial charge in [-0.3, -0.25) is 4.79 Å². The van der Waals surface area contributed by atoms with Crippen LogP contribution in [0.1, 0.15) is 38.7 Å². The number of aryl methyl sites for hydroxylation is 1. The van der Waals surface area contributed by atoms with Crippen molar-refractivity contribution >= 4 is 21.6 Å². The Balaban J connectivity index is 1.79. The number of hydrogen-bond donors (Lipinski definition) is 1. The molecule has 8 heteroatoms. The third-order valence-corrected chi connectivity index (χ3v) is 7.07. The summed E-state index contributed by atoms with van der Waals surface area (Å²) in [5.74, 6) is 0.509. The van der Waals surface area contributed by atoms with Crippen molar-refractivity contribution in [3.8, 4) is 11.5 Å². The van der Waals surface area contributed by atoms with Crippen LogP contribution in [0, 0.1) is 6.92 Å². The zero-order valence-electron chi connectivity index (χ0n) is 18.3. The van der Waals surface area contributed by atoms with Crippen molar-refractivity contribution in [3.63, 3.8) is 0 Å². The highest BCUT2D eigenvalue weighted by atomic mass is 32.2. The molecule has 3 rings (SSSR count). The summed E-state index contributed by atoms with van der Waals surface area (Å²) in [7, 11) is -3.72. The van der Waals surface area contributed by atoms with Crippen molar-refractivity contribution in [2.24, 2.45) is 0 Å². The molecule has 1 atom stereocenters. The third kappa shape index (κ3) is 5.77. The summed E-state index contributed by atoms with van der Waals surface area (Å²) >= 11 is 0. The number of carbonyl (C=O) groups excluding carboxylic acids is 1. The first-order chi connectivity index (χ1) is 14.8. The van der Waals surface area contributed by atoms with Gasteiger partial charge >= 0.3 is 0 Å². The van der Waals surface area contributed by atoms with Gasteiger partial charge in [-0.1, -0.05) is 24.1 Å². The number of anilines is 1. The largest absolute Gasteiger partial charge is 0.492 e. The molecule has 0 saturated carbocycles. The summed E-state index contributed by atoms with van der Waals surface area (Å²) < 4.78 is 39.2. The molecule has 1 aliphatic rings. The molecule has 1 aliphatic heterocycles. The number of nitrogens with one attached hydrogen (secondary N) is 1. The van der Waals surface area contributed by atoms with Gasteiger partial charge < -0.3 is 14.8 Å². The van der Waals surface area contributed by atoms with Crippen molar-refractivity contribution in [3.05, 3.63) is 48.0 Å². The Kier molecular flexibility index (Phi) is 7.56. The number of ether oxygens (including phenoxy) is 2. The molecule has 1 fully saturated rings. The number of sulfonamides is 1. The third-order valence-electron chi connectivity index (χ3n) is 5.15. The molecule has 0 radical (unpaired) electrons. The number of amides is 1. The van der Waals surface area contributed by atoms with E-state index in [2.05, 4.69) is 5.32 Å². The van der Waals surface area contributed by atoms with Crippen molar-refractivity contribution in [2.45, 2.75) is 51.0 Å². The summed E-state index contributed by atoms with van der Waals surface area (Å²) in [6.07, 6.45) is 1.96. The molecule has 7 nitrogen and oxygen atoms in total. The zero-order valence-corrected chi connectivity index (χ0v) is 19.1. The lowest BCUT2D eigenvalue weighted by Crippen LogP contribution is -2.36. The quantitative estimate of drug-likeness (QED) is 0.663. The number of carbonyl (C=O) groups is 1. The summed E-state index contributed by atoms with van der Waals surface area (Å²) in [5.41, 5.74) is 1.48. The molecular weight excluding hydrogens is 416 g/mol. The normalized spacial score (nSPS) is 15.8. The van der Waals surface area contributed by atoms with E-state index in [0.717, 1.165) is 24.8 Å². The second-order valence-corrected chi connectivity index (χ2v) is 9.53. The molecule has 1 amide bonds. The monoisotopic (exact) mass is 446 g/mol. The van der Waals surface area contributed by atoms with Gasteiger partial charge in [0.05, 0.1) is 6.61 Å². The van der Waals surface area contributed by atoms with Gasteiger partial charge in [-0.05, 0) is 63.9 Å². The fraction of sp³-hybridized carbons (Fsp3) is 0.435. The first-order valence-corrected chi connectivity index (χ1v) is 12.1. The Morgan fingerprint density at radius 2 is 1.77 bits per heavy atom. The Hall–Kier alpha value is -2.58. The molecule has 0 aliphatic carbocycles. The summed E-state index contributed by atoms with van der Waals surface area (Å²) in [5, 5.41) is 2.76. The van der Waals surface area contributed by atoms with Crippen LogP contribution in [0.3, 0.4) is 0 Å². The lowest BCUT2D eigenvalue weighted by atomic mass is 10.2. The molecule has 0 spiro atoms. The van der Waals surface area contributed by atoms with Crippen molar-refractivity contribution < 1.29 is 22.7 Å². The van der Waals surface area contributed by atoms with E-state index in [4.69, 9.17) is 9.47 Å². The first-order valence-electron chi connectivity index (χ1n) is 10.6. The molecule has 31 heavy (non-hydrogen) atoms.